The fourth-order valence-corrected chi connectivity index (χ4v) is 1.67. The first-order chi connectivity index (χ1) is 6.97. The quantitative estimate of drug-likeness (QED) is 0.806. The highest BCUT2D eigenvalue weighted by molar-refractivity contribution is 5.20. The molecule has 0 fully saturated rings. The maximum atomic E-state index is 9.63. The normalized spacial score (nSPS) is 13.6. The topological polar surface area (TPSA) is 29.5 Å². The Kier molecular flexibility index (Phi) is 4.15. The van der Waals surface area contributed by atoms with Crippen LogP contribution in [0.4, 0.5) is 0 Å². The number of aliphatic hydroxyl groups is 1. The van der Waals surface area contributed by atoms with Gasteiger partial charge in [-0.15, -0.1) is 0 Å². The molecule has 0 aliphatic rings. The smallest absolute Gasteiger partial charge is 0.119 e. The summed E-state index contributed by atoms with van der Waals surface area (Å²) < 4.78 is 5.60. The number of hydrogen-bond acceptors (Lipinski definition) is 2. The lowest BCUT2D eigenvalue weighted by Crippen LogP contribution is -2.24. The first kappa shape index (κ1) is 12.1. The van der Waals surface area contributed by atoms with Crippen LogP contribution in [-0.2, 0) is 0 Å². The summed E-state index contributed by atoms with van der Waals surface area (Å²) in [7, 11) is 0. The molecule has 1 unspecified atom stereocenters. The highest BCUT2D eigenvalue weighted by Gasteiger charge is 2.17. The summed E-state index contributed by atoms with van der Waals surface area (Å²) in [6.07, 6.45) is 0.750. The third kappa shape index (κ3) is 5.43. The molecule has 1 rings (SSSR count). The molecule has 0 aliphatic carbocycles. The van der Waals surface area contributed by atoms with Crippen LogP contribution in [-0.4, -0.2) is 17.3 Å². The molecule has 0 aromatic heterocycles. The Morgan fingerprint density at radius 1 is 1.27 bits per heavy atom. The van der Waals surface area contributed by atoms with Crippen molar-refractivity contribution in [1.29, 1.82) is 0 Å². The van der Waals surface area contributed by atoms with Crippen molar-refractivity contribution in [2.24, 2.45) is 5.92 Å². The van der Waals surface area contributed by atoms with Crippen LogP contribution in [0.15, 0.2) is 30.3 Å². The molecule has 1 aromatic rings. The van der Waals surface area contributed by atoms with E-state index in [4.69, 9.17) is 4.74 Å². The lowest BCUT2D eigenvalue weighted by atomic mass is 9.96. The lowest BCUT2D eigenvalue weighted by Gasteiger charge is -2.22. The number of benzene rings is 1. The van der Waals surface area contributed by atoms with Crippen molar-refractivity contribution < 1.29 is 9.84 Å². The van der Waals surface area contributed by atoms with Crippen LogP contribution in [0.5, 0.6) is 5.75 Å². The zero-order valence-corrected chi connectivity index (χ0v) is 9.73. The molecule has 1 atom stereocenters. The van der Waals surface area contributed by atoms with E-state index in [2.05, 4.69) is 6.92 Å². The molecule has 1 aromatic carbocycles. The average molecular weight is 208 g/mol. The van der Waals surface area contributed by atoms with Crippen molar-refractivity contribution >= 4 is 0 Å². The molecule has 0 spiro atoms. The van der Waals surface area contributed by atoms with E-state index in [0.717, 1.165) is 12.2 Å². The second-order valence-electron chi connectivity index (χ2n) is 4.75. The van der Waals surface area contributed by atoms with Crippen molar-refractivity contribution in [1.82, 2.24) is 0 Å². The van der Waals surface area contributed by atoms with E-state index < -0.39 is 5.60 Å². The summed E-state index contributed by atoms with van der Waals surface area (Å²) in [5, 5.41) is 9.63. The molecule has 2 nitrogen and oxygen atoms in total. The maximum Gasteiger partial charge on any atom is 0.119 e. The standard InChI is InChI=1S/C13H20O2/c1-11(9-13(2,3)14)10-15-12-7-5-4-6-8-12/h4-8,11,14H,9-10H2,1-3H3. The van der Waals surface area contributed by atoms with Crippen LogP contribution < -0.4 is 4.74 Å². The van der Waals surface area contributed by atoms with Gasteiger partial charge in [-0.25, -0.2) is 0 Å². The van der Waals surface area contributed by atoms with Gasteiger partial charge in [0.25, 0.3) is 0 Å². The largest absolute Gasteiger partial charge is 0.493 e. The summed E-state index contributed by atoms with van der Waals surface area (Å²) in [6, 6.07) is 9.76. The Labute approximate surface area is 91.9 Å². The molecule has 84 valence electrons. The minimum Gasteiger partial charge on any atom is -0.493 e. The fourth-order valence-electron chi connectivity index (χ4n) is 1.67. The van der Waals surface area contributed by atoms with E-state index in [0.29, 0.717) is 12.5 Å². The average Bonchev–Trinajstić information content (AvgIpc) is 2.14. The molecular formula is C13H20O2. The van der Waals surface area contributed by atoms with Crippen molar-refractivity contribution in [3.05, 3.63) is 30.3 Å². The molecule has 0 heterocycles. The van der Waals surface area contributed by atoms with Gasteiger partial charge in [0.05, 0.1) is 12.2 Å². The van der Waals surface area contributed by atoms with Gasteiger partial charge in [0.1, 0.15) is 5.75 Å². The van der Waals surface area contributed by atoms with Gasteiger partial charge in [0, 0.05) is 0 Å². The van der Waals surface area contributed by atoms with Crippen molar-refractivity contribution in [2.75, 3.05) is 6.61 Å². The monoisotopic (exact) mass is 208 g/mol. The van der Waals surface area contributed by atoms with Gasteiger partial charge in [-0.1, -0.05) is 25.1 Å². The van der Waals surface area contributed by atoms with E-state index in [1.165, 1.54) is 0 Å². The van der Waals surface area contributed by atoms with Gasteiger partial charge < -0.3 is 9.84 Å². The minimum atomic E-state index is -0.612. The van der Waals surface area contributed by atoms with Gasteiger partial charge in [-0.3, -0.25) is 0 Å². The van der Waals surface area contributed by atoms with Crippen LogP contribution in [0.2, 0.25) is 0 Å². The number of rotatable bonds is 5. The maximum absolute atomic E-state index is 9.63. The van der Waals surface area contributed by atoms with Crippen LogP contribution >= 0.6 is 0 Å². The molecule has 0 radical (unpaired) electrons. The molecular weight excluding hydrogens is 188 g/mol. The second kappa shape index (κ2) is 5.17. The second-order valence-corrected chi connectivity index (χ2v) is 4.75. The molecule has 15 heavy (non-hydrogen) atoms. The number of para-hydroxylation sites is 1. The van der Waals surface area contributed by atoms with Gasteiger partial charge in [0.15, 0.2) is 0 Å². The fraction of sp³-hybridized carbons (Fsp3) is 0.538. The number of hydrogen-bond donors (Lipinski definition) is 1. The van der Waals surface area contributed by atoms with E-state index in [1.54, 1.807) is 0 Å². The van der Waals surface area contributed by atoms with Crippen LogP contribution in [0.1, 0.15) is 27.2 Å². The molecule has 0 amide bonds. The van der Waals surface area contributed by atoms with Gasteiger partial charge in [0.2, 0.25) is 0 Å². The van der Waals surface area contributed by atoms with Crippen molar-refractivity contribution in [3.63, 3.8) is 0 Å². The Bertz CT molecular complexity index is 274. The molecule has 0 aliphatic heterocycles. The summed E-state index contributed by atoms with van der Waals surface area (Å²) in [4.78, 5) is 0. The predicted molar refractivity (Wildman–Crippen MR) is 62.0 cm³/mol. The Morgan fingerprint density at radius 2 is 1.87 bits per heavy atom. The van der Waals surface area contributed by atoms with Crippen molar-refractivity contribution in [2.45, 2.75) is 32.8 Å². The summed E-state index contributed by atoms with van der Waals surface area (Å²) in [5.41, 5.74) is -0.612. The molecule has 1 N–H and O–H groups in total. The van der Waals surface area contributed by atoms with Crippen molar-refractivity contribution in [3.8, 4) is 5.75 Å². The van der Waals surface area contributed by atoms with Gasteiger partial charge in [-0.05, 0) is 38.3 Å². The molecule has 0 saturated carbocycles. The zero-order chi connectivity index (χ0) is 11.3. The number of ether oxygens (including phenoxy) is 1. The van der Waals surface area contributed by atoms with Crippen LogP contribution in [0, 0.1) is 5.92 Å². The molecule has 0 saturated heterocycles. The summed E-state index contributed by atoms with van der Waals surface area (Å²) in [5.74, 6) is 1.24. The first-order valence-corrected chi connectivity index (χ1v) is 5.37. The highest BCUT2D eigenvalue weighted by atomic mass is 16.5. The Morgan fingerprint density at radius 3 is 2.40 bits per heavy atom. The van der Waals surface area contributed by atoms with Gasteiger partial charge >= 0.3 is 0 Å². The zero-order valence-electron chi connectivity index (χ0n) is 9.73. The van der Waals surface area contributed by atoms with E-state index in [1.807, 2.05) is 44.2 Å². The minimum absolute atomic E-state index is 0.352. The summed E-state index contributed by atoms with van der Waals surface area (Å²) >= 11 is 0. The predicted octanol–water partition coefficient (Wildman–Crippen LogP) is 2.86. The summed E-state index contributed by atoms with van der Waals surface area (Å²) in [6.45, 7) is 6.38. The van der Waals surface area contributed by atoms with Crippen LogP contribution in [0.25, 0.3) is 0 Å². The van der Waals surface area contributed by atoms with Crippen LogP contribution in [0.3, 0.4) is 0 Å². The Balaban J connectivity index is 2.32. The highest BCUT2D eigenvalue weighted by Crippen LogP contribution is 2.17. The van der Waals surface area contributed by atoms with E-state index in [9.17, 15) is 5.11 Å². The molecule has 2 heteroatoms. The Hall–Kier alpha value is -1.02. The third-order valence-electron chi connectivity index (χ3n) is 2.13. The SMILES string of the molecule is CC(COc1ccccc1)CC(C)(C)O. The van der Waals surface area contributed by atoms with Gasteiger partial charge in [-0.2, -0.15) is 0 Å². The lowest BCUT2D eigenvalue weighted by molar-refractivity contribution is 0.0465. The third-order valence-corrected chi connectivity index (χ3v) is 2.13. The molecule has 0 bridgehead atoms. The van der Waals surface area contributed by atoms with E-state index >= 15 is 0 Å². The van der Waals surface area contributed by atoms with E-state index in [-0.39, 0.29) is 0 Å². The first-order valence-electron chi connectivity index (χ1n) is 5.37.